The molecular formula is C11H12F2N2O2. The largest absolute Gasteiger partial charge is 0.399 e. The topological polar surface area (TPSA) is 55.6 Å². The predicted molar refractivity (Wildman–Crippen MR) is 59.0 cm³/mol. The van der Waals surface area contributed by atoms with Gasteiger partial charge in [-0.15, -0.1) is 0 Å². The normalized spacial score (nSPS) is 16.6. The quantitative estimate of drug-likeness (QED) is 0.801. The predicted octanol–water partition coefficient (Wildman–Crippen LogP) is 1.57. The van der Waals surface area contributed by atoms with Gasteiger partial charge in [-0.25, -0.2) is 8.78 Å². The summed E-state index contributed by atoms with van der Waals surface area (Å²) >= 11 is 0. The number of nitrogens with zero attached hydrogens (tertiary/aromatic N) is 1. The van der Waals surface area contributed by atoms with Crippen LogP contribution in [0.25, 0.3) is 0 Å². The van der Waals surface area contributed by atoms with Crippen LogP contribution in [0.15, 0.2) is 18.2 Å². The van der Waals surface area contributed by atoms with E-state index in [1.165, 1.54) is 23.1 Å². The first-order chi connectivity index (χ1) is 8.09. The number of morpholine rings is 1. The lowest BCUT2D eigenvalue weighted by atomic mass is 10.1. The fourth-order valence-corrected chi connectivity index (χ4v) is 1.77. The number of halogens is 2. The van der Waals surface area contributed by atoms with E-state index >= 15 is 0 Å². The van der Waals surface area contributed by atoms with Crippen LogP contribution in [0.4, 0.5) is 20.2 Å². The van der Waals surface area contributed by atoms with Crippen LogP contribution < -0.4 is 10.6 Å². The monoisotopic (exact) mass is 242 g/mol. The Labute approximate surface area is 97.0 Å². The third kappa shape index (κ3) is 2.36. The van der Waals surface area contributed by atoms with Crippen molar-refractivity contribution in [2.75, 3.05) is 30.4 Å². The third-order valence-corrected chi connectivity index (χ3v) is 2.56. The Hall–Kier alpha value is -1.69. The highest BCUT2D eigenvalue weighted by molar-refractivity contribution is 5.95. The lowest BCUT2D eigenvalue weighted by molar-refractivity contribution is -0.125. The summed E-state index contributed by atoms with van der Waals surface area (Å²) in [6, 6.07) is 4.15. The molecule has 1 aromatic rings. The highest BCUT2D eigenvalue weighted by Crippen LogP contribution is 2.32. The van der Waals surface area contributed by atoms with Gasteiger partial charge < -0.3 is 15.4 Å². The van der Waals surface area contributed by atoms with E-state index in [1.807, 2.05) is 0 Å². The first kappa shape index (κ1) is 11.8. The van der Waals surface area contributed by atoms with E-state index in [1.54, 1.807) is 0 Å². The number of hydrogen-bond donors (Lipinski definition) is 1. The minimum atomic E-state index is -2.66. The fraction of sp³-hybridized carbons (Fsp3) is 0.364. The van der Waals surface area contributed by atoms with Gasteiger partial charge in [-0.3, -0.25) is 4.79 Å². The molecule has 1 heterocycles. The van der Waals surface area contributed by atoms with E-state index in [9.17, 15) is 13.6 Å². The molecule has 1 amide bonds. The summed E-state index contributed by atoms with van der Waals surface area (Å²) in [4.78, 5) is 12.9. The van der Waals surface area contributed by atoms with Crippen molar-refractivity contribution >= 4 is 17.3 Å². The Morgan fingerprint density at radius 3 is 2.82 bits per heavy atom. The van der Waals surface area contributed by atoms with Gasteiger partial charge in [0, 0.05) is 17.8 Å². The van der Waals surface area contributed by atoms with E-state index in [4.69, 9.17) is 10.5 Å². The fourth-order valence-electron chi connectivity index (χ4n) is 1.77. The lowest BCUT2D eigenvalue weighted by Crippen LogP contribution is -2.42. The first-order valence-electron chi connectivity index (χ1n) is 5.15. The molecule has 1 fully saturated rings. The molecule has 92 valence electrons. The van der Waals surface area contributed by atoms with Crippen LogP contribution in [-0.4, -0.2) is 25.7 Å². The molecule has 0 atom stereocenters. The van der Waals surface area contributed by atoms with Crippen molar-refractivity contribution in [1.29, 1.82) is 0 Å². The van der Waals surface area contributed by atoms with Crippen LogP contribution >= 0.6 is 0 Å². The number of ether oxygens (including phenoxy) is 1. The van der Waals surface area contributed by atoms with Gasteiger partial charge in [0.1, 0.15) is 6.61 Å². The second-order valence-electron chi connectivity index (χ2n) is 3.72. The molecular weight excluding hydrogens is 230 g/mol. The molecule has 17 heavy (non-hydrogen) atoms. The van der Waals surface area contributed by atoms with Crippen LogP contribution in [0.3, 0.4) is 0 Å². The molecule has 0 bridgehead atoms. The summed E-state index contributed by atoms with van der Waals surface area (Å²) in [7, 11) is 0. The van der Waals surface area contributed by atoms with Crippen molar-refractivity contribution in [3.8, 4) is 0 Å². The number of alkyl halides is 2. The maximum atomic E-state index is 12.9. The molecule has 4 nitrogen and oxygen atoms in total. The molecule has 2 rings (SSSR count). The minimum Gasteiger partial charge on any atom is -0.399 e. The van der Waals surface area contributed by atoms with Gasteiger partial charge in [0.15, 0.2) is 0 Å². The van der Waals surface area contributed by atoms with E-state index in [2.05, 4.69) is 0 Å². The van der Waals surface area contributed by atoms with Gasteiger partial charge in [0.2, 0.25) is 0 Å². The Bertz CT molecular complexity index is 437. The average molecular weight is 242 g/mol. The molecule has 0 aliphatic carbocycles. The molecule has 1 saturated heterocycles. The first-order valence-corrected chi connectivity index (χ1v) is 5.15. The Morgan fingerprint density at radius 2 is 2.18 bits per heavy atom. The number of benzene rings is 1. The van der Waals surface area contributed by atoms with Crippen molar-refractivity contribution in [2.24, 2.45) is 0 Å². The zero-order chi connectivity index (χ0) is 12.4. The number of rotatable bonds is 2. The van der Waals surface area contributed by atoms with Gasteiger partial charge >= 0.3 is 0 Å². The van der Waals surface area contributed by atoms with E-state index < -0.39 is 6.43 Å². The van der Waals surface area contributed by atoms with Gasteiger partial charge in [0.05, 0.1) is 12.3 Å². The van der Waals surface area contributed by atoms with E-state index in [-0.39, 0.29) is 36.0 Å². The SMILES string of the molecule is Nc1ccc(N2CCOCC2=O)c(C(F)F)c1. The standard InChI is InChI=1S/C11H12F2N2O2/c12-11(13)8-5-7(14)1-2-9(8)15-3-4-17-6-10(15)16/h1-2,5,11H,3-4,6,14H2. The van der Waals surface area contributed by atoms with Crippen LogP contribution in [0, 0.1) is 0 Å². The second kappa shape index (κ2) is 4.67. The van der Waals surface area contributed by atoms with Crippen molar-refractivity contribution in [3.63, 3.8) is 0 Å². The molecule has 0 aromatic heterocycles. The van der Waals surface area contributed by atoms with Gasteiger partial charge in [0.25, 0.3) is 12.3 Å². The number of anilines is 2. The van der Waals surface area contributed by atoms with Crippen LogP contribution in [0.5, 0.6) is 0 Å². The van der Waals surface area contributed by atoms with E-state index in [0.29, 0.717) is 6.61 Å². The molecule has 2 N–H and O–H groups in total. The zero-order valence-corrected chi connectivity index (χ0v) is 9.03. The summed E-state index contributed by atoms with van der Waals surface area (Å²) in [5.41, 5.74) is 5.71. The van der Waals surface area contributed by atoms with Crippen molar-refractivity contribution in [2.45, 2.75) is 6.43 Å². The van der Waals surface area contributed by atoms with Gasteiger partial charge in [-0.2, -0.15) is 0 Å². The molecule has 1 aromatic carbocycles. The maximum Gasteiger partial charge on any atom is 0.265 e. The summed E-state index contributed by atoms with van der Waals surface area (Å²) < 4.78 is 30.7. The zero-order valence-electron chi connectivity index (χ0n) is 9.03. The number of hydrogen-bond acceptors (Lipinski definition) is 3. The average Bonchev–Trinajstić information content (AvgIpc) is 2.30. The summed E-state index contributed by atoms with van der Waals surface area (Å²) in [5.74, 6) is -0.317. The highest BCUT2D eigenvalue weighted by atomic mass is 19.3. The van der Waals surface area contributed by atoms with Crippen LogP contribution in [0.1, 0.15) is 12.0 Å². The number of amides is 1. The Kier molecular flexibility index (Phi) is 3.23. The summed E-state index contributed by atoms with van der Waals surface area (Å²) in [6.07, 6.45) is -2.66. The summed E-state index contributed by atoms with van der Waals surface area (Å²) in [6.45, 7) is 0.550. The van der Waals surface area contributed by atoms with Crippen LogP contribution in [0.2, 0.25) is 0 Å². The molecule has 0 radical (unpaired) electrons. The van der Waals surface area contributed by atoms with Crippen molar-refractivity contribution in [1.82, 2.24) is 0 Å². The van der Waals surface area contributed by atoms with Crippen LogP contribution in [-0.2, 0) is 9.53 Å². The third-order valence-electron chi connectivity index (χ3n) is 2.56. The van der Waals surface area contributed by atoms with E-state index in [0.717, 1.165) is 0 Å². The minimum absolute atomic E-state index is 0.0763. The molecule has 6 heteroatoms. The second-order valence-corrected chi connectivity index (χ2v) is 3.72. The smallest absolute Gasteiger partial charge is 0.265 e. The number of nitrogen functional groups attached to an aromatic ring is 1. The molecule has 1 aliphatic heterocycles. The summed E-state index contributed by atoms with van der Waals surface area (Å²) in [5, 5.41) is 0. The number of carbonyl (C=O) groups excluding carboxylic acids is 1. The van der Waals surface area contributed by atoms with Crippen molar-refractivity contribution < 1.29 is 18.3 Å². The molecule has 0 unspecified atom stereocenters. The van der Waals surface area contributed by atoms with Gasteiger partial charge in [-0.1, -0.05) is 0 Å². The van der Waals surface area contributed by atoms with Gasteiger partial charge in [-0.05, 0) is 18.2 Å². The Morgan fingerprint density at radius 1 is 1.41 bits per heavy atom. The highest BCUT2D eigenvalue weighted by Gasteiger charge is 2.25. The molecule has 0 saturated carbocycles. The molecule has 1 aliphatic rings. The number of nitrogens with two attached hydrogens (primary N) is 1. The lowest BCUT2D eigenvalue weighted by Gasteiger charge is -2.28. The number of carbonyl (C=O) groups is 1. The van der Waals surface area contributed by atoms with Crippen molar-refractivity contribution in [3.05, 3.63) is 23.8 Å². The Balaban J connectivity index is 2.39. The maximum absolute atomic E-state index is 12.9. The molecule has 0 spiro atoms.